The van der Waals surface area contributed by atoms with Crippen LogP contribution in [-0.4, -0.2) is 52.9 Å². The molecule has 0 N–H and O–H groups in total. The fourth-order valence-electron chi connectivity index (χ4n) is 2.62. The average molecular weight is 495 g/mol. The quantitative estimate of drug-likeness (QED) is 0.450. The van der Waals surface area contributed by atoms with E-state index >= 15 is 0 Å². The number of hydrogen-bond acceptors (Lipinski definition) is 9. The van der Waals surface area contributed by atoms with Gasteiger partial charge in [0.05, 0.1) is 53.0 Å². The third-order valence-corrected chi connectivity index (χ3v) is 8.97. The van der Waals surface area contributed by atoms with Gasteiger partial charge in [-0.05, 0) is 34.4 Å². The van der Waals surface area contributed by atoms with Crippen LogP contribution in [-0.2, 0) is 14.2 Å². The van der Waals surface area contributed by atoms with E-state index in [1.807, 2.05) is 18.2 Å². The molecule has 0 atom stereocenters. The minimum absolute atomic E-state index is 0.432. The lowest BCUT2D eigenvalue weighted by atomic mass is 10.2. The molecule has 0 saturated carbocycles. The van der Waals surface area contributed by atoms with Crippen LogP contribution in [0.3, 0.4) is 0 Å². The smallest absolute Gasteiger partial charge is 0.162 e. The van der Waals surface area contributed by atoms with Gasteiger partial charge in [0.1, 0.15) is 13.2 Å². The van der Waals surface area contributed by atoms with Crippen LogP contribution in [0.15, 0.2) is 47.8 Å². The maximum absolute atomic E-state index is 5.92. The molecule has 3 heterocycles. The Morgan fingerprint density at radius 2 is 1.29 bits per heavy atom. The van der Waals surface area contributed by atoms with Crippen LogP contribution in [0.25, 0.3) is 0 Å². The van der Waals surface area contributed by atoms with Gasteiger partial charge in [0.2, 0.25) is 0 Å². The maximum Gasteiger partial charge on any atom is 0.162 e. The molecule has 0 spiro atoms. The molecule has 4 rings (SSSR count). The minimum atomic E-state index is 0.432. The molecule has 0 aromatic heterocycles. The van der Waals surface area contributed by atoms with Gasteiger partial charge in [-0.15, -0.1) is 0 Å². The van der Waals surface area contributed by atoms with Gasteiger partial charge >= 0.3 is 0 Å². The first-order chi connectivity index (χ1) is 15.4. The molecule has 1 aromatic rings. The number of ether oxygens (including phenoxy) is 5. The Bertz CT molecular complexity index is 906. The van der Waals surface area contributed by atoms with Gasteiger partial charge in [-0.1, -0.05) is 58.9 Å². The summed E-state index contributed by atoms with van der Waals surface area (Å²) in [4.78, 5) is 1.06. The first-order valence-electron chi connectivity index (χ1n) is 9.81. The van der Waals surface area contributed by atoms with E-state index in [1.165, 1.54) is 8.47 Å². The summed E-state index contributed by atoms with van der Waals surface area (Å²) in [5.41, 5.74) is 0.879. The Hall–Kier alpha value is -1.12. The molecule has 0 bridgehead atoms. The summed E-state index contributed by atoms with van der Waals surface area (Å²) in [6.07, 6.45) is 0. The fourth-order valence-corrected chi connectivity index (χ4v) is 6.87. The van der Waals surface area contributed by atoms with Crippen molar-refractivity contribution in [3.05, 3.63) is 53.4 Å². The Morgan fingerprint density at radius 1 is 0.645 bits per heavy atom. The zero-order valence-corrected chi connectivity index (χ0v) is 20.1. The van der Waals surface area contributed by atoms with Gasteiger partial charge in [0.15, 0.2) is 11.5 Å². The van der Waals surface area contributed by atoms with Crippen LogP contribution < -0.4 is 9.47 Å². The maximum atomic E-state index is 5.92. The van der Waals surface area contributed by atoms with Crippen molar-refractivity contribution in [2.75, 3.05) is 52.9 Å². The topological polar surface area (TPSA) is 46.2 Å². The highest BCUT2D eigenvalue weighted by atomic mass is 32.2. The summed E-state index contributed by atoms with van der Waals surface area (Å²) in [6, 6.07) is 5.77. The van der Waals surface area contributed by atoms with Gasteiger partial charge in [0, 0.05) is 5.56 Å². The van der Waals surface area contributed by atoms with Gasteiger partial charge < -0.3 is 23.7 Å². The Labute approximate surface area is 199 Å². The molecule has 0 saturated heterocycles. The normalized spacial score (nSPS) is 20.5. The average Bonchev–Trinajstić information content (AvgIpc) is 3.47. The van der Waals surface area contributed by atoms with Crippen molar-refractivity contribution >= 4 is 47.0 Å². The number of allylic oxidation sites excluding steroid dienone is 1. The van der Waals surface area contributed by atoms with Gasteiger partial charge in [-0.2, -0.15) is 0 Å². The summed E-state index contributed by atoms with van der Waals surface area (Å²) in [5.74, 6) is 7.87. The summed E-state index contributed by atoms with van der Waals surface area (Å²) in [7, 11) is 0. The minimum Gasteiger partial charge on any atom is -0.487 e. The number of rotatable bonds is 0. The third-order valence-electron chi connectivity index (χ3n) is 4.04. The lowest BCUT2D eigenvalue weighted by molar-refractivity contribution is 0.00708. The van der Waals surface area contributed by atoms with Gasteiger partial charge in [-0.25, -0.2) is 0 Å². The summed E-state index contributed by atoms with van der Waals surface area (Å²) in [5, 5.41) is 6.34. The second-order valence-electron chi connectivity index (χ2n) is 6.23. The van der Waals surface area contributed by atoms with E-state index in [1.54, 1.807) is 47.0 Å². The van der Waals surface area contributed by atoms with Crippen LogP contribution in [0.5, 0.6) is 11.5 Å². The Kier molecular flexibility index (Phi) is 9.52. The standard InChI is InChI=1S/C22H22O5S4/c1(3-18-16-30-22(31-18)21-28-13-14-29-21)17-2-4-19-20(15-17)27-12-10-25-8-6-23-5-7-24-9-11-26-19/h2,4,13-16H,5-12H2. The second kappa shape index (κ2) is 12.8. The fraction of sp³-hybridized carbons (Fsp3) is 0.364. The Balaban J connectivity index is 1.40. The molecule has 5 nitrogen and oxygen atoms in total. The van der Waals surface area contributed by atoms with E-state index in [0.29, 0.717) is 64.4 Å². The van der Waals surface area contributed by atoms with Crippen molar-refractivity contribution < 1.29 is 23.7 Å². The number of hydrogen-bond donors (Lipinski definition) is 0. The van der Waals surface area contributed by atoms with Crippen LogP contribution in [0.2, 0.25) is 0 Å². The zero-order valence-electron chi connectivity index (χ0n) is 16.8. The first-order valence-corrected chi connectivity index (χ1v) is 13.3. The van der Waals surface area contributed by atoms with Gasteiger partial charge in [-0.3, -0.25) is 0 Å². The predicted octanol–water partition coefficient (Wildman–Crippen LogP) is 5.26. The highest BCUT2D eigenvalue weighted by Crippen LogP contribution is 2.52. The second-order valence-corrected chi connectivity index (χ2v) is 10.5. The van der Waals surface area contributed by atoms with Crippen molar-refractivity contribution in [3.63, 3.8) is 0 Å². The van der Waals surface area contributed by atoms with Crippen LogP contribution in [0.4, 0.5) is 0 Å². The molecule has 0 radical (unpaired) electrons. The van der Waals surface area contributed by atoms with E-state index in [-0.39, 0.29) is 0 Å². The van der Waals surface area contributed by atoms with E-state index < -0.39 is 0 Å². The Morgan fingerprint density at radius 3 is 2.00 bits per heavy atom. The molecular formula is C22H22O5S4. The monoisotopic (exact) mass is 494 g/mol. The highest BCUT2D eigenvalue weighted by molar-refractivity contribution is 8.33. The summed E-state index contributed by atoms with van der Waals surface area (Å²) >= 11 is 7.00. The molecule has 0 fully saturated rings. The predicted molar refractivity (Wildman–Crippen MR) is 131 cm³/mol. The molecule has 0 unspecified atom stereocenters. The van der Waals surface area contributed by atoms with E-state index in [2.05, 4.69) is 28.1 Å². The molecule has 3 aliphatic heterocycles. The van der Waals surface area contributed by atoms with E-state index in [9.17, 15) is 0 Å². The largest absolute Gasteiger partial charge is 0.487 e. The van der Waals surface area contributed by atoms with Crippen molar-refractivity contribution in [2.45, 2.75) is 0 Å². The molecule has 0 amide bonds. The number of fused-ring (bicyclic) bond motifs is 1. The molecule has 1 aromatic carbocycles. The zero-order chi connectivity index (χ0) is 21.1. The van der Waals surface area contributed by atoms with Crippen LogP contribution in [0.1, 0.15) is 5.56 Å². The van der Waals surface area contributed by atoms with Crippen molar-refractivity contribution in [2.24, 2.45) is 0 Å². The van der Waals surface area contributed by atoms with Crippen LogP contribution >= 0.6 is 47.0 Å². The lowest BCUT2D eigenvalue weighted by Gasteiger charge is -2.13. The highest BCUT2D eigenvalue weighted by Gasteiger charge is 2.17. The number of benzene rings is 1. The molecular weight excluding hydrogens is 473 g/mol. The molecule has 0 aliphatic carbocycles. The van der Waals surface area contributed by atoms with Crippen molar-refractivity contribution in [1.29, 1.82) is 0 Å². The van der Waals surface area contributed by atoms with Crippen molar-refractivity contribution in [3.8, 4) is 23.3 Å². The van der Waals surface area contributed by atoms with Gasteiger partial charge in [0.25, 0.3) is 0 Å². The van der Waals surface area contributed by atoms with E-state index in [4.69, 9.17) is 23.7 Å². The van der Waals surface area contributed by atoms with E-state index in [0.717, 1.165) is 10.5 Å². The molecule has 3 aliphatic rings. The lowest BCUT2D eigenvalue weighted by Crippen LogP contribution is -2.13. The summed E-state index contributed by atoms with van der Waals surface area (Å²) in [6.45, 7) is 4.04. The van der Waals surface area contributed by atoms with Crippen LogP contribution in [0, 0.1) is 11.8 Å². The number of thioether (sulfide) groups is 4. The summed E-state index contributed by atoms with van der Waals surface area (Å²) < 4.78 is 30.9. The molecule has 9 heteroatoms. The van der Waals surface area contributed by atoms with Crippen molar-refractivity contribution in [1.82, 2.24) is 0 Å². The third kappa shape index (κ3) is 7.46. The first kappa shape index (κ1) is 23.1. The molecule has 164 valence electrons. The SMILES string of the molecule is C(#Cc1ccc2c(c1)OCCOCCOCCOCCO2)C1=CSC(=C2SC=CS2)S1. The molecule has 31 heavy (non-hydrogen) atoms.